The van der Waals surface area contributed by atoms with Gasteiger partial charge < -0.3 is 21.7 Å². The molecule has 0 fully saturated rings. The summed E-state index contributed by atoms with van der Waals surface area (Å²) in [6, 6.07) is 5.76. The van der Waals surface area contributed by atoms with E-state index in [-0.39, 0.29) is 29.5 Å². The molecule has 0 radical (unpaired) electrons. The Balaban J connectivity index is 0.00000220. The van der Waals surface area contributed by atoms with Crippen molar-refractivity contribution in [3.05, 3.63) is 29.5 Å². The van der Waals surface area contributed by atoms with Gasteiger partial charge in [0.05, 0.1) is 13.2 Å². The maximum Gasteiger partial charge on any atom is 0.348 e. The molecule has 0 saturated heterocycles. The summed E-state index contributed by atoms with van der Waals surface area (Å²) in [4.78, 5) is 11.7. The Hall–Kier alpha value is -1.07. The van der Waals surface area contributed by atoms with Crippen LogP contribution in [0.15, 0.2) is 24.5 Å². The van der Waals surface area contributed by atoms with Crippen LogP contribution in [0.25, 0.3) is 11.0 Å². The van der Waals surface area contributed by atoms with Crippen molar-refractivity contribution in [2.75, 3.05) is 6.61 Å². The van der Waals surface area contributed by atoms with Crippen molar-refractivity contribution in [3.63, 3.8) is 0 Å². The molecule has 0 amide bonds. The second-order valence-electron chi connectivity index (χ2n) is 4.73. The van der Waals surface area contributed by atoms with Crippen LogP contribution >= 0.6 is 11.6 Å². The fraction of sp³-hybridized carbons (Fsp3) is 0.467. The molecule has 0 N–H and O–H groups in total. The van der Waals surface area contributed by atoms with Crippen LogP contribution in [0.2, 0.25) is 5.02 Å². The molecule has 2 aromatic rings. The van der Waals surface area contributed by atoms with Crippen molar-refractivity contribution in [3.8, 4) is 0 Å². The SMILES string of the molecule is CCCC[n+]1cn(CC(=O)OCC)c2cc(Cl)ccc21.[Br-]. The number of rotatable bonds is 6. The van der Waals surface area contributed by atoms with E-state index >= 15 is 0 Å². The normalized spacial score (nSPS) is 10.4. The molecular weight excluding hydrogens is 356 g/mol. The number of carbonyl (C=O) groups is 1. The van der Waals surface area contributed by atoms with Crippen molar-refractivity contribution >= 4 is 28.6 Å². The van der Waals surface area contributed by atoms with Gasteiger partial charge in [0.25, 0.3) is 0 Å². The molecule has 2 rings (SSSR count). The smallest absolute Gasteiger partial charge is 0.348 e. The second-order valence-corrected chi connectivity index (χ2v) is 5.16. The highest BCUT2D eigenvalue weighted by Crippen LogP contribution is 2.17. The lowest BCUT2D eigenvalue weighted by Crippen LogP contribution is -3.00. The molecule has 0 unspecified atom stereocenters. The van der Waals surface area contributed by atoms with Crippen LogP contribution in [0.4, 0.5) is 0 Å². The zero-order chi connectivity index (χ0) is 14.5. The lowest BCUT2D eigenvalue weighted by atomic mass is 10.3. The number of nitrogens with zero attached hydrogens (tertiary/aromatic N) is 2. The summed E-state index contributed by atoms with van der Waals surface area (Å²) < 4.78 is 9.07. The van der Waals surface area contributed by atoms with Gasteiger partial charge >= 0.3 is 5.97 Å². The molecular formula is C15H20BrClN2O2. The zero-order valence-corrected chi connectivity index (χ0v) is 14.7. The van der Waals surface area contributed by atoms with Crippen LogP contribution in [0, 0.1) is 0 Å². The Labute approximate surface area is 140 Å². The van der Waals surface area contributed by atoms with Crippen molar-refractivity contribution < 1.29 is 31.1 Å². The predicted octanol–water partition coefficient (Wildman–Crippen LogP) is -0.0506. The molecule has 0 aliphatic heterocycles. The first-order valence-electron chi connectivity index (χ1n) is 6.99. The minimum atomic E-state index is -0.230. The zero-order valence-electron chi connectivity index (χ0n) is 12.3. The van der Waals surface area contributed by atoms with Gasteiger partial charge in [0.2, 0.25) is 6.33 Å². The molecule has 4 nitrogen and oxygen atoms in total. The number of halogens is 2. The van der Waals surface area contributed by atoms with Crippen LogP contribution in [0.5, 0.6) is 0 Å². The Morgan fingerprint density at radius 2 is 2.14 bits per heavy atom. The minimum absolute atomic E-state index is 0. The first kappa shape index (κ1) is 18.0. The number of benzene rings is 1. The lowest BCUT2D eigenvalue weighted by Gasteiger charge is -1.99. The average molecular weight is 376 g/mol. The molecule has 0 aliphatic carbocycles. The van der Waals surface area contributed by atoms with Crippen molar-refractivity contribution in [2.45, 2.75) is 39.8 Å². The van der Waals surface area contributed by atoms with E-state index in [4.69, 9.17) is 16.3 Å². The first-order chi connectivity index (χ1) is 9.65. The molecule has 0 atom stereocenters. The Morgan fingerprint density at radius 3 is 2.81 bits per heavy atom. The van der Waals surface area contributed by atoms with Gasteiger partial charge in [-0.1, -0.05) is 24.9 Å². The fourth-order valence-corrected chi connectivity index (χ4v) is 2.41. The minimum Gasteiger partial charge on any atom is -1.00 e. The molecule has 116 valence electrons. The van der Waals surface area contributed by atoms with Gasteiger partial charge in [-0.3, -0.25) is 0 Å². The number of ether oxygens (including phenoxy) is 1. The van der Waals surface area contributed by atoms with E-state index in [1.807, 2.05) is 36.0 Å². The standard InChI is InChI=1S/C15H20ClN2O2.BrH/c1-3-5-8-17-11-18(10-15(19)20-4-2)14-9-12(16)6-7-13(14)17;/h6-7,9,11H,3-5,8,10H2,1-2H3;1H/q+1;/p-1. The van der Waals surface area contributed by atoms with Crippen LogP contribution in [-0.4, -0.2) is 17.1 Å². The highest BCUT2D eigenvalue weighted by molar-refractivity contribution is 6.31. The van der Waals surface area contributed by atoms with Gasteiger partial charge in [0.1, 0.15) is 0 Å². The summed E-state index contributed by atoms with van der Waals surface area (Å²) in [6.45, 7) is 5.52. The number of aryl methyl sites for hydroxylation is 1. The lowest BCUT2D eigenvalue weighted by molar-refractivity contribution is -0.672. The number of hydrogen-bond acceptors (Lipinski definition) is 2. The Kier molecular flexibility index (Phi) is 7.18. The van der Waals surface area contributed by atoms with Gasteiger partial charge in [-0.05, 0) is 25.5 Å². The predicted molar refractivity (Wildman–Crippen MR) is 78.7 cm³/mol. The molecule has 0 spiro atoms. The molecule has 0 saturated carbocycles. The van der Waals surface area contributed by atoms with Gasteiger partial charge in [0.15, 0.2) is 17.6 Å². The number of esters is 1. The van der Waals surface area contributed by atoms with Gasteiger partial charge in [-0.2, -0.15) is 0 Å². The number of imidazole rings is 1. The maximum atomic E-state index is 11.7. The second kappa shape index (κ2) is 8.39. The third-order valence-corrected chi connectivity index (χ3v) is 3.43. The van der Waals surface area contributed by atoms with E-state index in [0.717, 1.165) is 30.4 Å². The molecule has 1 heterocycles. The van der Waals surface area contributed by atoms with Crippen molar-refractivity contribution in [2.24, 2.45) is 0 Å². The van der Waals surface area contributed by atoms with E-state index in [1.54, 1.807) is 0 Å². The molecule has 21 heavy (non-hydrogen) atoms. The summed E-state index contributed by atoms with van der Waals surface area (Å²) in [5.41, 5.74) is 2.05. The van der Waals surface area contributed by atoms with Crippen LogP contribution < -0.4 is 21.5 Å². The number of aromatic nitrogens is 2. The molecule has 1 aromatic heterocycles. The molecule has 0 aliphatic rings. The summed E-state index contributed by atoms with van der Waals surface area (Å²) in [6.07, 6.45) is 4.20. The van der Waals surface area contributed by atoms with E-state index in [2.05, 4.69) is 11.5 Å². The van der Waals surface area contributed by atoms with Crippen LogP contribution in [0.1, 0.15) is 26.7 Å². The third-order valence-electron chi connectivity index (χ3n) is 3.19. The summed E-state index contributed by atoms with van der Waals surface area (Å²) in [5, 5.41) is 0.670. The van der Waals surface area contributed by atoms with E-state index in [0.29, 0.717) is 11.6 Å². The van der Waals surface area contributed by atoms with Crippen molar-refractivity contribution in [1.29, 1.82) is 0 Å². The van der Waals surface area contributed by atoms with Crippen LogP contribution in [-0.2, 0) is 22.6 Å². The van der Waals surface area contributed by atoms with Crippen molar-refractivity contribution in [1.82, 2.24) is 4.57 Å². The monoisotopic (exact) mass is 374 g/mol. The summed E-state index contributed by atoms with van der Waals surface area (Å²) in [5.74, 6) is -0.230. The number of unbranched alkanes of at least 4 members (excludes halogenated alkanes) is 1. The fourth-order valence-electron chi connectivity index (χ4n) is 2.24. The Bertz CT molecular complexity index is 613. The Morgan fingerprint density at radius 1 is 1.38 bits per heavy atom. The largest absolute Gasteiger partial charge is 1.00 e. The number of hydrogen-bond donors (Lipinski definition) is 0. The highest BCUT2D eigenvalue weighted by Gasteiger charge is 2.18. The van der Waals surface area contributed by atoms with Gasteiger partial charge in [-0.25, -0.2) is 13.9 Å². The summed E-state index contributed by atoms with van der Waals surface area (Å²) >= 11 is 6.06. The van der Waals surface area contributed by atoms with E-state index in [9.17, 15) is 4.79 Å². The highest BCUT2D eigenvalue weighted by atomic mass is 79.9. The summed E-state index contributed by atoms with van der Waals surface area (Å²) in [7, 11) is 0. The van der Waals surface area contributed by atoms with Crippen LogP contribution in [0.3, 0.4) is 0 Å². The van der Waals surface area contributed by atoms with E-state index in [1.165, 1.54) is 0 Å². The topological polar surface area (TPSA) is 35.1 Å². The number of fused-ring (bicyclic) bond motifs is 1. The molecule has 0 bridgehead atoms. The maximum absolute atomic E-state index is 11.7. The quantitative estimate of drug-likeness (QED) is 0.524. The van der Waals surface area contributed by atoms with E-state index < -0.39 is 0 Å². The third kappa shape index (κ3) is 4.45. The molecule has 1 aromatic carbocycles. The average Bonchev–Trinajstić information content (AvgIpc) is 2.74. The van der Waals surface area contributed by atoms with Gasteiger partial charge in [-0.15, -0.1) is 0 Å². The molecule has 6 heteroatoms. The van der Waals surface area contributed by atoms with Gasteiger partial charge in [0, 0.05) is 11.1 Å². The first-order valence-corrected chi connectivity index (χ1v) is 7.37. The number of carbonyl (C=O) groups excluding carboxylic acids is 1.